The summed E-state index contributed by atoms with van der Waals surface area (Å²) < 4.78 is 33.4. The van der Waals surface area contributed by atoms with Crippen LogP contribution in [0, 0.1) is 0 Å². The average Bonchev–Trinajstić information content (AvgIpc) is 3.74. The van der Waals surface area contributed by atoms with Crippen LogP contribution in [0.2, 0.25) is 0 Å². The molecular weight excluding hydrogens is 647 g/mol. The van der Waals surface area contributed by atoms with E-state index in [1.54, 1.807) is 43.0 Å². The molecule has 14 heteroatoms. The number of aromatic nitrogens is 4. The Labute approximate surface area is 285 Å². The number of methoxy groups -OCH3 is 2. The summed E-state index contributed by atoms with van der Waals surface area (Å²) in [6, 6.07) is 25.4. The van der Waals surface area contributed by atoms with Gasteiger partial charge in [0.2, 0.25) is 5.78 Å². The molecule has 0 aliphatic carbocycles. The molecule has 0 radical (unpaired) electrons. The van der Waals surface area contributed by atoms with Crippen molar-refractivity contribution >= 4 is 26.6 Å². The lowest BCUT2D eigenvalue weighted by molar-refractivity contribution is -0.176. The molecule has 0 saturated carbocycles. The van der Waals surface area contributed by atoms with Crippen LogP contribution >= 0.6 is 9.03 Å². The minimum absolute atomic E-state index is 0.0393. The molecule has 4 atom stereocenters. The fraction of sp³-hybridized carbons (Fsp3) is 0.314. The predicted molar refractivity (Wildman–Crippen MR) is 185 cm³/mol. The molecule has 5 aromatic rings. The van der Waals surface area contributed by atoms with E-state index in [1.807, 2.05) is 93.0 Å². The van der Waals surface area contributed by atoms with Crippen molar-refractivity contribution in [2.75, 3.05) is 34.9 Å². The van der Waals surface area contributed by atoms with Gasteiger partial charge in [0, 0.05) is 32.9 Å². The summed E-state index contributed by atoms with van der Waals surface area (Å²) in [5.74, 6) is 2.40. The fourth-order valence-corrected chi connectivity index (χ4v) is 6.38. The lowest BCUT2D eigenvalue weighted by Crippen LogP contribution is -2.38. The summed E-state index contributed by atoms with van der Waals surface area (Å²) in [5, 5.41) is 0. The molecule has 1 fully saturated rings. The minimum atomic E-state index is -1.54. The number of aliphatic imine (C=N–C) groups is 1. The zero-order valence-electron chi connectivity index (χ0n) is 27.9. The Hall–Kier alpha value is -4.65. The van der Waals surface area contributed by atoms with Gasteiger partial charge in [0.05, 0.1) is 29.9 Å². The maximum Gasteiger partial charge on any atom is 0.357 e. The topological polar surface area (TPSA) is 137 Å². The van der Waals surface area contributed by atoms with Crippen LogP contribution in [0.15, 0.2) is 101 Å². The Morgan fingerprint density at radius 3 is 2.14 bits per heavy atom. The number of benzene rings is 3. The summed E-state index contributed by atoms with van der Waals surface area (Å²) >= 11 is 0. The normalized spacial score (nSPS) is 18.4. The molecule has 0 bridgehead atoms. The van der Waals surface area contributed by atoms with E-state index in [2.05, 4.69) is 15.0 Å². The number of rotatable bonds is 12. The second kappa shape index (κ2) is 14.9. The van der Waals surface area contributed by atoms with Crippen LogP contribution in [-0.2, 0) is 19.6 Å². The van der Waals surface area contributed by atoms with Gasteiger partial charge in [-0.05, 0) is 47.9 Å². The molecule has 1 unspecified atom stereocenters. The number of fused-ring (bicyclic) bond motifs is 1. The Morgan fingerprint density at radius 1 is 0.959 bits per heavy atom. The van der Waals surface area contributed by atoms with Crippen molar-refractivity contribution in [3.8, 4) is 11.5 Å². The minimum Gasteiger partial charge on any atom is -0.659 e. The molecule has 1 aliphatic heterocycles. The highest BCUT2D eigenvalue weighted by atomic mass is 31.1. The smallest absolute Gasteiger partial charge is 0.357 e. The number of imidazole rings is 1. The van der Waals surface area contributed by atoms with Crippen LogP contribution in [0.25, 0.3) is 5.78 Å². The molecule has 1 aliphatic rings. The zero-order valence-corrected chi connectivity index (χ0v) is 29.1. The quantitative estimate of drug-likeness (QED) is 0.0825. The van der Waals surface area contributed by atoms with Crippen molar-refractivity contribution in [2.24, 2.45) is 4.99 Å². The van der Waals surface area contributed by atoms with Crippen molar-refractivity contribution < 1.29 is 28.4 Å². The van der Waals surface area contributed by atoms with E-state index >= 15 is 0 Å². The van der Waals surface area contributed by atoms with Crippen LogP contribution in [0.5, 0.6) is 11.5 Å². The van der Waals surface area contributed by atoms with Gasteiger partial charge in [-0.2, -0.15) is 15.0 Å². The first-order valence-electron chi connectivity index (χ1n) is 15.7. The Kier molecular flexibility index (Phi) is 10.4. The maximum atomic E-state index is 12.9. The molecule has 6 rings (SSSR count). The van der Waals surface area contributed by atoms with Crippen LogP contribution < -0.4 is 20.1 Å². The highest BCUT2D eigenvalue weighted by molar-refractivity contribution is 7.23. The summed E-state index contributed by atoms with van der Waals surface area (Å²) in [6.07, 6.45) is 1.82. The van der Waals surface area contributed by atoms with E-state index in [0.29, 0.717) is 29.5 Å². The first kappa shape index (κ1) is 34.2. The van der Waals surface area contributed by atoms with Gasteiger partial charge < -0.3 is 28.7 Å². The highest BCUT2D eigenvalue weighted by Gasteiger charge is 2.43. The van der Waals surface area contributed by atoms with Gasteiger partial charge in [0.1, 0.15) is 41.4 Å². The molecule has 0 spiro atoms. The fourth-order valence-electron chi connectivity index (χ4n) is 5.95. The van der Waals surface area contributed by atoms with Crippen LogP contribution in [-0.4, -0.2) is 76.8 Å². The lowest BCUT2D eigenvalue weighted by atomic mass is 9.80. The number of hydrogen-bond donors (Lipinski definition) is 0. The number of nitrogens with zero attached hydrogens (tertiary/aromatic N) is 6. The Morgan fingerprint density at radius 2 is 1.57 bits per heavy atom. The van der Waals surface area contributed by atoms with Gasteiger partial charge in [-0.1, -0.05) is 54.6 Å². The molecule has 0 N–H and O–H groups in total. The van der Waals surface area contributed by atoms with E-state index in [1.165, 1.54) is 4.40 Å². The average molecular weight is 687 g/mol. The molecule has 2 aromatic heterocycles. The Bertz CT molecular complexity index is 1900. The van der Waals surface area contributed by atoms with Gasteiger partial charge >= 0.3 is 5.69 Å². The Balaban J connectivity index is 1.38. The van der Waals surface area contributed by atoms with Crippen LogP contribution in [0.3, 0.4) is 0 Å². The first-order valence-corrected chi connectivity index (χ1v) is 16.6. The van der Waals surface area contributed by atoms with Crippen molar-refractivity contribution in [2.45, 2.75) is 37.4 Å². The standard InChI is InChI=1S/C35H39N6O7P/c1-23(39(2)3)36-32-37-33-40(19-20-41(33)34(42)38-32)31-21-29(48-49-43)30(47-31)22-46-35(24-9-7-6-8-10-24,25-11-15-27(44-4)16-12-25)26-13-17-28(45-5)18-14-26/h6-20,29-31H,21-22,49H2,1-5H3/t29-,30+,31+/m0/s1. The molecule has 1 saturated heterocycles. The SMILES string of the molecule is COc1ccc(C(OC[C@H]2O[C@@H](n3ccn4c(=O)nc(N=C(C)N(C)C)nc34)C[C@@H]2O[PH2+][O-])(c2ccccc2)c2ccc(OC)cc2)cc1. The highest BCUT2D eigenvalue weighted by Crippen LogP contribution is 2.43. The van der Waals surface area contributed by atoms with Gasteiger partial charge in [-0.3, -0.25) is 4.57 Å². The second-order valence-corrected chi connectivity index (χ2v) is 12.2. The molecule has 49 heavy (non-hydrogen) atoms. The lowest BCUT2D eigenvalue weighted by Gasteiger charge is -2.37. The summed E-state index contributed by atoms with van der Waals surface area (Å²) in [4.78, 5) is 39.6. The maximum absolute atomic E-state index is 12.9. The van der Waals surface area contributed by atoms with Crippen molar-refractivity contribution in [3.05, 3.63) is 118 Å². The van der Waals surface area contributed by atoms with Crippen molar-refractivity contribution in [1.29, 1.82) is 0 Å². The first-order chi connectivity index (χ1) is 23.8. The summed E-state index contributed by atoms with van der Waals surface area (Å²) in [5.41, 5.74) is 1.00. The van der Waals surface area contributed by atoms with Crippen LogP contribution in [0.1, 0.15) is 36.3 Å². The van der Waals surface area contributed by atoms with Gasteiger partial charge in [0.15, 0.2) is 0 Å². The van der Waals surface area contributed by atoms with Crippen LogP contribution in [0.4, 0.5) is 5.95 Å². The third-order valence-corrected chi connectivity index (χ3v) is 9.15. The van der Waals surface area contributed by atoms with E-state index < -0.39 is 38.8 Å². The molecular formula is C35H39N6O7P. The van der Waals surface area contributed by atoms with Crippen molar-refractivity contribution in [3.63, 3.8) is 0 Å². The third-order valence-electron chi connectivity index (χ3n) is 8.69. The van der Waals surface area contributed by atoms with E-state index in [9.17, 15) is 9.69 Å². The third kappa shape index (κ3) is 6.94. The van der Waals surface area contributed by atoms with E-state index in [-0.39, 0.29) is 12.6 Å². The molecule has 3 heterocycles. The molecule has 3 aromatic carbocycles. The monoisotopic (exact) mass is 686 g/mol. The summed E-state index contributed by atoms with van der Waals surface area (Å²) in [7, 11) is 5.40. The van der Waals surface area contributed by atoms with E-state index in [0.717, 1.165) is 16.7 Å². The number of hydrogen-bond acceptors (Lipinski definition) is 10. The molecule has 256 valence electrons. The predicted octanol–water partition coefficient (Wildman–Crippen LogP) is 3.80. The van der Waals surface area contributed by atoms with E-state index in [4.69, 9.17) is 23.5 Å². The molecule has 0 amide bonds. The number of amidine groups is 1. The summed E-state index contributed by atoms with van der Waals surface area (Å²) in [6.45, 7) is 1.87. The number of ether oxygens (including phenoxy) is 4. The van der Waals surface area contributed by atoms with Gasteiger partial charge in [-0.15, -0.1) is 0 Å². The zero-order chi connectivity index (χ0) is 34.5. The molecule has 13 nitrogen and oxygen atoms in total. The van der Waals surface area contributed by atoms with Gasteiger partial charge in [0.25, 0.3) is 5.95 Å². The van der Waals surface area contributed by atoms with Gasteiger partial charge in [-0.25, -0.2) is 13.7 Å². The largest absolute Gasteiger partial charge is 0.659 e. The van der Waals surface area contributed by atoms with Crippen molar-refractivity contribution in [1.82, 2.24) is 23.8 Å². The second-order valence-electron chi connectivity index (χ2n) is 11.7.